The van der Waals surface area contributed by atoms with E-state index in [1.165, 1.54) is 11.3 Å². The van der Waals surface area contributed by atoms with Crippen LogP contribution in [0.3, 0.4) is 0 Å². The molecule has 2 rings (SSSR count). The van der Waals surface area contributed by atoms with Gasteiger partial charge in [-0.2, -0.15) is 11.3 Å². The van der Waals surface area contributed by atoms with Crippen molar-refractivity contribution in [2.45, 2.75) is 12.5 Å². The highest BCUT2D eigenvalue weighted by Crippen LogP contribution is 2.20. The van der Waals surface area contributed by atoms with E-state index in [1.807, 2.05) is 0 Å². The van der Waals surface area contributed by atoms with Gasteiger partial charge < -0.3 is 10.4 Å². The molecule has 0 aliphatic heterocycles. The monoisotopic (exact) mass is 309 g/mol. The second-order valence-electron chi connectivity index (χ2n) is 4.19. The van der Waals surface area contributed by atoms with Gasteiger partial charge in [0.2, 0.25) is 0 Å². The van der Waals surface area contributed by atoms with Gasteiger partial charge in [-0.15, -0.1) is 0 Å². The summed E-state index contributed by atoms with van der Waals surface area (Å²) in [5.41, 5.74) is 1.24. The Kier molecular flexibility index (Phi) is 4.76. The van der Waals surface area contributed by atoms with Crippen LogP contribution in [-0.2, 0) is 4.79 Å². The molecule has 1 aromatic heterocycles. The summed E-state index contributed by atoms with van der Waals surface area (Å²) in [4.78, 5) is 23.0. The van der Waals surface area contributed by atoms with E-state index in [0.717, 1.165) is 0 Å². The summed E-state index contributed by atoms with van der Waals surface area (Å²) in [6.07, 6.45) is -0.183. The van der Waals surface area contributed by atoms with Crippen molar-refractivity contribution in [3.8, 4) is 0 Å². The number of aliphatic carboxylic acids is 1. The maximum atomic E-state index is 12.0. The van der Waals surface area contributed by atoms with Crippen LogP contribution in [0.1, 0.15) is 28.4 Å². The number of amides is 1. The van der Waals surface area contributed by atoms with Crippen LogP contribution in [0.4, 0.5) is 0 Å². The minimum atomic E-state index is -0.976. The highest BCUT2D eigenvalue weighted by Gasteiger charge is 2.19. The summed E-state index contributed by atoms with van der Waals surface area (Å²) in [7, 11) is 0. The minimum absolute atomic E-state index is 0.183. The van der Waals surface area contributed by atoms with Crippen LogP contribution in [-0.4, -0.2) is 17.0 Å². The second-order valence-corrected chi connectivity index (χ2v) is 5.40. The maximum Gasteiger partial charge on any atom is 0.305 e. The lowest BCUT2D eigenvalue weighted by molar-refractivity contribution is -0.137. The fraction of sp³-hybridized carbons (Fsp3) is 0.143. The number of carbonyl (C=O) groups is 2. The lowest BCUT2D eigenvalue weighted by atomic mass is 10.0. The van der Waals surface area contributed by atoms with Crippen molar-refractivity contribution < 1.29 is 14.7 Å². The van der Waals surface area contributed by atoms with E-state index in [1.54, 1.807) is 41.1 Å². The molecule has 6 heteroatoms. The van der Waals surface area contributed by atoms with Gasteiger partial charge in [0.05, 0.1) is 18.0 Å². The predicted molar refractivity (Wildman–Crippen MR) is 78.2 cm³/mol. The molecule has 0 radical (unpaired) electrons. The van der Waals surface area contributed by atoms with E-state index in [9.17, 15) is 9.59 Å². The molecule has 0 spiro atoms. The number of halogens is 1. The molecule has 1 heterocycles. The first-order valence-electron chi connectivity index (χ1n) is 5.86. The van der Waals surface area contributed by atoms with E-state index in [4.69, 9.17) is 16.7 Å². The van der Waals surface area contributed by atoms with Crippen molar-refractivity contribution in [3.63, 3.8) is 0 Å². The van der Waals surface area contributed by atoms with Crippen molar-refractivity contribution in [2.75, 3.05) is 0 Å². The number of rotatable bonds is 5. The van der Waals surface area contributed by atoms with Crippen molar-refractivity contribution in [3.05, 3.63) is 57.2 Å². The van der Waals surface area contributed by atoms with E-state index in [0.29, 0.717) is 16.1 Å². The molecule has 1 atom stereocenters. The van der Waals surface area contributed by atoms with Crippen LogP contribution in [0, 0.1) is 0 Å². The Hall–Kier alpha value is -1.85. The zero-order chi connectivity index (χ0) is 14.5. The van der Waals surface area contributed by atoms with Crippen LogP contribution < -0.4 is 5.32 Å². The van der Waals surface area contributed by atoms with E-state index in [2.05, 4.69) is 5.32 Å². The lowest BCUT2D eigenvalue weighted by Gasteiger charge is -2.17. The number of benzene rings is 1. The number of thiophene rings is 1. The van der Waals surface area contributed by atoms with Gasteiger partial charge in [-0.3, -0.25) is 9.59 Å². The molecule has 0 saturated carbocycles. The Bertz CT molecular complexity index is 595. The summed E-state index contributed by atoms with van der Waals surface area (Å²) in [5, 5.41) is 15.8. The quantitative estimate of drug-likeness (QED) is 0.890. The van der Waals surface area contributed by atoms with Gasteiger partial charge >= 0.3 is 5.97 Å². The van der Waals surface area contributed by atoms with Gasteiger partial charge in [0.25, 0.3) is 5.91 Å². The Morgan fingerprint density at radius 2 is 1.95 bits per heavy atom. The van der Waals surface area contributed by atoms with Crippen LogP contribution in [0.2, 0.25) is 5.02 Å². The minimum Gasteiger partial charge on any atom is -0.481 e. The van der Waals surface area contributed by atoms with Gasteiger partial charge in [0, 0.05) is 10.4 Å². The molecule has 20 heavy (non-hydrogen) atoms. The third kappa shape index (κ3) is 3.82. The lowest BCUT2D eigenvalue weighted by Crippen LogP contribution is -2.29. The Morgan fingerprint density at radius 1 is 1.25 bits per heavy atom. The summed E-state index contributed by atoms with van der Waals surface area (Å²) in [5.74, 6) is -1.26. The first kappa shape index (κ1) is 14.6. The summed E-state index contributed by atoms with van der Waals surface area (Å²) >= 11 is 7.22. The van der Waals surface area contributed by atoms with Crippen LogP contribution in [0.15, 0.2) is 41.1 Å². The number of carboxylic acid groups (broad SMARTS) is 1. The smallest absolute Gasteiger partial charge is 0.305 e. The average molecular weight is 310 g/mol. The van der Waals surface area contributed by atoms with Crippen molar-refractivity contribution in [2.24, 2.45) is 0 Å². The zero-order valence-electron chi connectivity index (χ0n) is 10.4. The van der Waals surface area contributed by atoms with Gasteiger partial charge in [-0.05, 0) is 29.1 Å². The first-order chi connectivity index (χ1) is 9.56. The average Bonchev–Trinajstić information content (AvgIpc) is 2.92. The van der Waals surface area contributed by atoms with Crippen LogP contribution >= 0.6 is 22.9 Å². The second kappa shape index (κ2) is 6.54. The van der Waals surface area contributed by atoms with Crippen molar-refractivity contribution in [1.29, 1.82) is 0 Å². The zero-order valence-corrected chi connectivity index (χ0v) is 11.9. The number of hydrogen-bond acceptors (Lipinski definition) is 3. The van der Waals surface area contributed by atoms with Gasteiger partial charge in [-0.25, -0.2) is 0 Å². The van der Waals surface area contributed by atoms with Gasteiger partial charge in [0.1, 0.15) is 0 Å². The molecule has 0 bridgehead atoms. The summed E-state index contributed by atoms with van der Waals surface area (Å²) in [6.45, 7) is 0. The van der Waals surface area contributed by atoms with Crippen LogP contribution in [0.25, 0.3) is 0 Å². The van der Waals surface area contributed by atoms with Crippen molar-refractivity contribution in [1.82, 2.24) is 5.32 Å². The molecule has 1 amide bonds. The Balaban J connectivity index is 2.17. The molecule has 0 unspecified atom stereocenters. The summed E-state index contributed by atoms with van der Waals surface area (Å²) in [6, 6.07) is 7.87. The highest BCUT2D eigenvalue weighted by molar-refractivity contribution is 7.08. The molecule has 0 aliphatic rings. The maximum absolute atomic E-state index is 12.0. The Morgan fingerprint density at radius 3 is 2.50 bits per heavy atom. The standard InChI is InChI=1S/C14H12ClNO3S/c15-11-3-1-9(2-4-11)12(7-13(17)18)16-14(19)10-5-6-20-8-10/h1-6,8,12H,7H2,(H,16,19)(H,17,18)/t12-/m1/s1. The number of nitrogens with one attached hydrogen (secondary N) is 1. The molecule has 0 fully saturated rings. The molecule has 104 valence electrons. The third-order valence-corrected chi connectivity index (χ3v) is 3.68. The third-order valence-electron chi connectivity index (χ3n) is 2.74. The molecule has 2 aromatic rings. The number of hydrogen-bond donors (Lipinski definition) is 2. The number of carbonyl (C=O) groups excluding carboxylic acids is 1. The highest BCUT2D eigenvalue weighted by atomic mass is 35.5. The molecule has 2 N–H and O–H groups in total. The number of carboxylic acids is 1. The normalized spacial score (nSPS) is 11.8. The molecule has 1 aromatic carbocycles. The topological polar surface area (TPSA) is 66.4 Å². The molecular formula is C14H12ClNO3S. The SMILES string of the molecule is O=C(O)C[C@@H](NC(=O)c1ccsc1)c1ccc(Cl)cc1. The Labute approximate surface area is 125 Å². The van der Waals surface area contributed by atoms with Gasteiger partial charge in [-0.1, -0.05) is 23.7 Å². The fourth-order valence-electron chi connectivity index (χ4n) is 1.76. The first-order valence-corrected chi connectivity index (χ1v) is 7.18. The predicted octanol–water partition coefficient (Wildman–Crippen LogP) is 3.35. The largest absolute Gasteiger partial charge is 0.481 e. The fourth-order valence-corrected chi connectivity index (χ4v) is 2.52. The van der Waals surface area contributed by atoms with E-state index < -0.39 is 12.0 Å². The molecular weight excluding hydrogens is 298 g/mol. The van der Waals surface area contributed by atoms with Crippen molar-refractivity contribution >= 4 is 34.8 Å². The molecule has 0 saturated heterocycles. The van der Waals surface area contributed by atoms with Gasteiger partial charge in [0.15, 0.2) is 0 Å². The summed E-state index contributed by atoms with van der Waals surface area (Å²) < 4.78 is 0. The van der Waals surface area contributed by atoms with E-state index >= 15 is 0 Å². The van der Waals surface area contributed by atoms with Crippen LogP contribution in [0.5, 0.6) is 0 Å². The molecule has 0 aliphatic carbocycles. The van der Waals surface area contributed by atoms with E-state index in [-0.39, 0.29) is 12.3 Å². The molecule has 4 nitrogen and oxygen atoms in total.